The van der Waals surface area contributed by atoms with Crippen molar-refractivity contribution in [3.05, 3.63) is 12.3 Å². The predicted octanol–water partition coefficient (Wildman–Crippen LogP) is -0.497. The van der Waals surface area contributed by atoms with E-state index in [0.717, 1.165) is 25.3 Å². The van der Waals surface area contributed by atoms with E-state index in [1.807, 2.05) is 6.08 Å². The summed E-state index contributed by atoms with van der Waals surface area (Å²) in [7, 11) is 0. The lowest BCUT2D eigenvalue weighted by molar-refractivity contribution is 0.738. The molecule has 3 heteroatoms. The molecule has 50 valence electrons. The van der Waals surface area contributed by atoms with Gasteiger partial charge in [0.1, 0.15) is 0 Å². The van der Waals surface area contributed by atoms with E-state index in [9.17, 15) is 0 Å². The highest BCUT2D eigenvalue weighted by atomic mass is 15.0. The molecule has 0 aliphatic carbocycles. The zero-order valence-electron chi connectivity index (χ0n) is 5.30. The average molecular weight is 125 g/mol. The van der Waals surface area contributed by atoms with Crippen molar-refractivity contribution >= 4 is 5.71 Å². The second-order valence-electron chi connectivity index (χ2n) is 1.91. The van der Waals surface area contributed by atoms with Crippen molar-refractivity contribution < 1.29 is 0 Å². The van der Waals surface area contributed by atoms with Crippen molar-refractivity contribution in [2.75, 3.05) is 19.6 Å². The number of hydrogen-bond acceptors (Lipinski definition) is 3. The Kier molecular flexibility index (Phi) is 2.27. The molecule has 1 aliphatic heterocycles. The van der Waals surface area contributed by atoms with Crippen LogP contribution in [-0.4, -0.2) is 25.3 Å². The van der Waals surface area contributed by atoms with Gasteiger partial charge in [-0.3, -0.25) is 4.99 Å². The molecule has 0 atom stereocenters. The molecule has 9 heavy (non-hydrogen) atoms. The van der Waals surface area contributed by atoms with Gasteiger partial charge >= 0.3 is 0 Å². The normalized spacial score (nSPS) is 20.2. The smallest absolute Gasteiger partial charge is 0.0518 e. The molecule has 1 rings (SSSR count). The molecular formula is C6H11N3. The average Bonchev–Trinajstić information content (AvgIpc) is 1.91. The summed E-state index contributed by atoms with van der Waals surface area (Å²) in [5.41, 5.74) is 6.22. The molecule has 0 aromatic heterocycles. The second-order valence-corrected chi connectivity index (χ2v) is 1.91. The first-order chi connectivity index (χ1) is 4.43. The predicted molar refractivity (Wildman–Crippen MR) is 38.5 cm³/mol. The van der Waals surface area contributed by atoms with E-state index >= 15 is 0 Å². The van der Waals surface area contributed by atoms with E-state index < -0.39 is 0 Å². The first-order valence-corrected chi connectivity index (χ1v) is 3.06. The van der Waals surface area contributed by atoms with Crippen LogP contribution >= 0.6 is 0 Å². The number of hydrogen-bond donors (Lipinski definition) is 2. The van der Waals surface area contributed by atoms with Crippen molar-refractivity contribution in [1.82, 2.24) is 5.32 Å². The molecule has 0 radical (unpaired) electrons. The van der Waals surface area contributed by atoms with Gasteiger partial charge in [-0.2, -0.15) is 0 Å². The lowest BCUT2D eigenvalue weighted by Gasteiger charge is -2.08. The van der Waals surface area contributed by atoms with Gasteiger partial charge in [-0.1, -0.05) is 0 Å². The van der Waals surface area contributed by atoms with Gasteiger partial charge in [0.05, 0.1) is 12.3 Å². The number of nitrogens with two attached hydrogens (primary N) is 1. The van der Waals surface area contributed by atoms with Crippen LogP contribution in [0, 0.1) is 0 Å². The van der Waals surface area contributed by atoms with E-state index in [1.165, 1.54) is 6.20 Å². The molecule has 0 saturated carbocycles. The van der Waals surface area contributed by atoms with E-state index in [0.29, 0.717) is 0 Å². The maximum Gasteiger partial charge on any atom is 0.0518 e. The molecule has 0 bridgehead atoms. The summed E-state index contributed by atoms with van der Waals surface area (Å²) in [6.45, 7) is 2.72. The van der Waals surface area contributed by atoms with Crippen molar-refractivity contribution in [3.63, 3.8) is 0 Å². The Morgan fingerprint density at radius 3 is 3.11 bits per heavy atom. The van der Waals surface area contributed by atoms with Crippen LogP contribution in [0.15, 0.2) is 17.3 Å². The third kappa shape index (κ3) is 1.85. The lowest BCUT2D eigenvalue weighted by Crippen LogP contribution is -2.29. The van der Waals surface area contributed by atoms with Crippen LogP contribution in [0.5, 0.6) is 0 Å². The SMILES string of the molecule is NC=CC1=NCCNC1. The summed E-state index contributed by atoms with van der Waals surface area (Å²) in [5, 5.41) is 3.18. The minimum absolute atomic E-state index is 0.855. The molecule has 0 unspecified atom stereocenters. The lowest BCUT2D eigenvalue weighted by atomic mass is 10.3. The monoisotopic (exact) mass is 125 g/mol. The third-order valence-corrected chi connectivity index (χ3v) is 1.20. The van der Waals surface area contributed by atoms with Crippen molar-refractivity contribution in [2.45, 2.75) is 0 Å². The van der Waals surface area contributed by atoms with Gasteiger partial charge in [0.15, 0.2) is 0 Å². The maximum absolute atomic E-state index is 5.17. The fraction of sp³-hybridized carbons (Fsp3) is 0.500. The molecular weight excluding hydrogens is 114 g/mol. The van der Waals surface area contributed by atoms with Crippen LogP contribution < -0.4 is 11.1 Å². The van der Waals surface area contributed by atoms with E-state index in [-0.39, 0.29) is 0 Å². The molecule has 1 aliphatic rings. The van der Waals surface area contributed by atoms with Crippen LogP contribution in [0.3, 0.4) is 0 Å². The highest BCUT2D eigenvalue weighted by Gasteiger charge is 1.97. The fourth-order valence-corrected chi connectivity index (χ4v) is 0.774. The fourth-order valence-electron chi connectivity index (χ4n) is 0.774. The molecule has 0 amide bonds. The minimum atomic E-state index is 0.855. The van der Waals surface area contributed by atoms with Crippen molar-refractivity contribution in [3.8, 4) is 0 Å². The molecule has 1 heterocycles. The Hall–Kier alpha value is -0.830. The number of nitrogens with zero attached hydrogens (tertiary/aromatic N) is 1. The Morgan fingerprint density at radius 2 is 2.56 bits per heavy atom. The van der Waals surface area contributed by atoms with Gasteiger partial charge < -0.3 is 11.1 Å². The number of rotatable bonds is 1. The number of aliphatic imine (C=N–C) groups is 1. The Morgan fingerprint density at radius 1 is 1.67 bits per heavy atom. The molecule has 0 aromatic carbocycles. The zero-order valence-corrected chi connectivity index (χ0v) is 5.30. The van der Waals surface area contributed by atoms with Crippen LogP contribution in [0.2, 0.25) is 0 Å². The summed E-state index contributed by atoms with van der Waals surface area (Å²) < 4.78 is 0. The Labute approximate surface area is 54.7 Å². The quantitative estimate of drug-likeness (QED) is 0.496. The van der Waals surface area contributed by atoms with Gasteiger partial charge in [-0.05, 0) is 12.3 Å². The highest BCUT2D eigenvalue weighted by Crippen LogP contribution is 1.85. The molecule has 0 saturated heterocycles. The zero-order chi connectivity index (χ0) is 6.53. The maximum atomic E-state index is 5.17. The summed E-state index contributed by atoms with van der Waals surface area (Å²) in [6, 6.07) is 0. The van der Waals surface area contributed by atoms with Crippen molar-refractivity contribution in [1.29, 1.82) is 0 Å². The van der Waals surface area contributed by atoms with E-state index in [4.69, 9.17) is 5.73 Å². The van der Waals surface area contributed by atoms with Crippen LogP contribution in [0.4, 0.5) is 0 Å². The standard InChI is InChI=1S/C6H11N3/c7-2-1-6-5-8-3-4-9-6/h1-2,8H,3-5,7H2. The van der Waals surface area contributed by atoms with Gasteiger partial charge in [0.2, 0.25) is 0 Å². The van der Waals surface area contributed by atoms with Gasteiger partial charge in [-0.15, -0.1) is 0 Å². The first kappa shape index (κ1) is 6.29. The second kappa shape index (κ2) is 3.25. The van der Waals surface area contributed by atoms with Crippen LogP contribution in [0.1, 0.15) is 0 Å². The van der Waals surface area contributed by atoms with Gasteiger partial charge in [0, 0.05) is 13.1 Å². The molecule has 0 spiro atoms. The van der Waals surface area contributed by atoms with Crippen molar-refractivity contribution in [2.24, 2.45) is 10.7 Å². The molecule has 0 fully saturated rings. The van der Waals surface area contributed by atoms with E-state index in [2.05, 4.69) is 10.3 Å². The van der Waals surface area contributed by atoms with Gasteiger partial charge in [-0.25, -0.2) is 0 Å². The molecule has 0 aromatic rings. The van der Waals surface area contributed by atoms with E-state index in [1.54, 1.807) is 0 Å². The summed E-state index contributed by atoms with van der Waals surface area (Å²) in [4.78, 5) is 4.21. The minimum Gasteiger partial charge on any atom is -0.405 e. The summed E-state index contributed by atoms with van der Waals surface area (Å²) >= 11 is 0. The summed E-state index contributed by atoms with van der Waals surface area (Å²) in [6.07, 6.45) is 3.35. The highest BCUT2D eigenvalue weighted by molar-refractivity contribution is 5.96. The van der Waals surface area contributed by atoms with Crippen LogP contribution in [0.25, 0.3) is 0 Å². The topological polar surface area (TPSA) is 50.4 Å². The third-order valence-electron chi connectivity index (χ3n) is 1.20. The Balaban J connectivity index is 2.46. The Bertz CT molecular complexity index is 137. The van der Waals surface area contributed by atoms with Gasteiger partial charge in [0.25, 0.3) is 0 Å². The molecule has 3 nitrogen and oxygen atoms in total. The summed E-state index contributed by atoms with van der Waals surface area (Å²) in [5.74, 6) is 0. The largest absolute Gasteiger partial charge is 0.405 e. The number of nitrogens with one attached hydrogen (secondary N) is 1. The first-order valence-electron chi connectivity index (χ1n) is 3.06. The van der Waals surface area contributed by atoms with Crippen LogP contribution in [-0.2, 0) is 0 Å². The molecule has 3 N–H and O–H groups in total.